The third-order valence-electron chi connectivity index (χ3n) is 3.93. The molecule has 0 aliphatic heterocycles. The van der Waals surface area contributed by atoms with E-state index in [1.165, 1.54) is 37.3 Å². The van der Waals surface area contributed by atoms with Crippen LogP contribution in [-0.2, 0) is 25.7 Å². The van der Waals surface area contributed by atoms with Crippen molar-refractivity contribution in [3.63, 3.8) is 0 Å². The molecule has 2 N–H and O–H groups in total. The number of benzene rings is 2. The molecule has 168 valence electrons. The van der Waals surface area contributed by atoms with Crippen molar-refractivity contribution < 1.29 is 35.9 Å². The lowest BCUT2D eigenvalue weighted by Crippen LogP contribution is -2.30. The van der Waals surface area contributed by atoms with Gasteiger partial charge in [0.25, 0.3) is 5.91 Å². The second-order valence-corrected chi connectivity index (χ2v) is 8.45. The van der Waals surface area contributed by atoms with Crippen LogP contribution in [0.15, 0.2) is 47.4 Å². The van der Waals surface area contributed by atoms with Crippen molar-refractivity contribution in [1.82, 2.24) is 4.72 Å². The van der Waals surface area contributed by atoms with Crippen LogP contribution < -0.4 is 10.0 Å². The Balaban J connectivity index is 2.09. The maximum atomic E-state index is 13.1. The number of amides is 1. The van der Waals surface area contributed by atoms with Gasteiger partial charge in [-0.3, -0.25) is 4.79 Å². The summed E-state index contributed by atoms with van der Waals surface area (Å²) in [6.45, 7) is 2.97. The molecule has 0 aromatic heterocycles. The average Bonchev–Trinajstić information content (AvgIpc) is 2.68. The Bertz CT molecular complexity index is 1070. The van der Waals surface area contributed by atoms with Gasteiger partial charge in [0.1, 0.15) is 0 Å². The second kappa shape index (κ2) is 9.67. The fraction of sp³-hybridized carbons (Fsp3) is 0.263. The molecule has 0 bridgehead atoms. The predicted octanol–water partition coefficient (Wildman–Crippen LogP) is 3.84. The topological polar surface area (TPSA) is 102 Å². The molecular weight excluding hydrogens is 461 g/mol. The average molecular weight is 479 g/mol. The van der Waals surface area contributed by atoms with Crippen molar-refractivity contribution in [2.45, 2.75) is 31.0 Å². The monoisotopic (exact) mass is 478 g/mol. The molecule has 1 atom stereocenters. The number of sulfonamides is 1. The van der Waals surface area contributed by atoms with Gasteiger partial charge in [0, 0.05) is 11.6 Å². The Morgan fingerprint density at radius 3 is 2.29 bits per heavy atom. The molecule has 2 aromatic rings. The highest BCUT2D eigenvalue weighted by atomic mass is 35.5. The lowest BCUT2D eigenvalue weighted by atomic mass is 10.1. The molecule has 0 aliphatic carbocycles. The van der Waals surface area contributed by atoms with Crippen molar-refractivity contribution in [2.24, 2.45) is 0 Å². The number of alkyl halides is 3. The van der Waals surface area contributed by atoms with Crippen LogP contribution in [0.25, 0.3) is 0 Å². The highest BCUT2D eigenvalue weighted by molar-refractivity contribution is 7.89. The molecule has 0 saturated carbocycles. The fourth-order valence-corrected chi connectivity index (χ4v) is 3.63. The first-order chi connectivity index (χ1) is 14.3. The van der Waals surface area contributed by atoms with E-state index < -0.39 is 45.4 Å². The van der Waals surface area contributed by atoms with E-state index in [-0.39, 0.29) is 22.0 Å². The van der Waals surface area contributed by atoms with Crippen LogP contribution in [0.4, 0.5) is 18.9 Å². The van der Waals surface area contributed by atoms with Gasteiger partial charge in [0.05, 0.1) is 21.7 Å². The molecule has 7 nitrogen and oxygen atoms in total. The number of nitrogens with one attached hydrogen (secondary N) is 2. The fourth-order valence-electron chi connectivity index (χ4n) is 2.42. The van der Waals surface area contributed by atoms with E-state index in [9.17, 15) is 31.2 Å². The summed E-state index contributed by atoms with van der Waals surface area (Å²) in [6, 6.07) is 7.57. The minimum atomic E-state index is -4.76. The molecule has 0 radical (unpaired) electrons. The molecule has 2 aromatic carbocycles. The normalized spacial score (nSPS) is 12.8. The van der Waals surface area contributed by atoms with Gasteiger partial charge in [0.15, 0.2) is 6.10 Å². The summed E-state index contributed by atoms with van der Waals surface area (Å²) in [4.78, 5) is 24.4. The summed E-state index contributed by atoms with van der Waals surface area (Å²) in [5.41, 5.74) is -1.73. The van der Waals surface area contributed by atoms with Crippen LogP contribution in [-0.4, -0.2) is 32.9 Å². The summed E-state index contributed by atoms with van der Waals surface area (Å²) in [5, 5.41) is 1.90. The zero-order valence-corrected chi connectivity index (χ0v) is 17.9. The van der Waals surface area contributed by atoms with E-state index in [2.05, 4.69) is 10.0 Å². The summed E-state index contributed by atoms with van der Waals surface area (Å²) in [6.07, 6.45) is -6.20. The van der Waals surface area contributed by atoms with Crippen molar-refractivity contribution in [1.29, 1.82) is 0 Å². The molecule has 0 fully saturated rings. The summed E-state index contributed by atoms with van der Waals surface area (Å²) in [7, 11) is -3.71. The largest absolute Gasteiger partial charge is 0.449 e. The molecular formula is C19H18ClF3N2O5S. The standard InChI is InChI=1S/C19H18ClF3N2O5S/c1-3-24-31(28,29)14-7-4-12(5-8-14)18(27)30-11(2)17(26)25-16-9-6-13(20)10-15(16)19(21,22)23/h4-11,24H,3H2,1-2H3,(H,25,26). The maximum absolute atomic E-state index is 13.1. The summed E-state index contributed by atoms with van der Waals surface area (Å²) >= 11 is 5.59. The van der Waals surface area contributed by atoms with Gasteiger partial charge < -0.3 is 10.1 Å². The number of ether oxygens (including phenoxy) is 1. The Morgan fingerprint density at radius 2 is 1.74 bits per heavy atom. The first-order valence-corrected chi connectivity index (χ1v) is 10.7. The van der Waals surface area contributed by atoms with E-state index in [4.69, 9.17) is 16.3 Å². The SMILES string of the molecule is CCNS(=O)(=O)c1ccc(C(=O)OC(C)C(=O)Nc2ccc(Cl)cc2C(F)(F)F)cc1. The van der Waals surface area contributed by atoms with Crippen LogP contribution in [0.2, 0.25) is 5.02 Å². The Kier molecular flexibility index (Phi) is 7.68. The second-order valence-electron chi connectivity index (χ2n) is 6.25. The van der Waals surface area contributed by atoms with Gasteiger partial charge in [-0.2, -0.15) is 13.2 Å². The number of rotatable bonds is 7. The highest BCUT2D eigenvalue weighted by Crippen LogP contribution is 2.36. The number of esters is 1. The van der Waals surface area contributed by atoms with E-state index in [1.54, 1.807) is 6.92 Å². The molecule has 2 rings (SSSR count). The van der Waals surface area contributed by atoms with E-state index in [0.29, 0.717) is 6.07 Å². The third kappa shape index (κ3) is 6.42. The van der Waals surface area contributed by atoms with E-state index in [1.807, 2.05) is 0 Å². The van der Waals surface area contributed by atoms with Gasteiger partial charge in [-0.05, 0) is 49.4 Å². The minimum Gasteiger partial charge on any atom is -0.449 e. The number of carbonyl (C=O) groups is 2. The number of hydrogen-bond donors (Lipinski definition) is 2. The van der Waals surface area contributed by atoms with Gasteiger partial charge in [-0.25, -0.2) is 17.9 Å². The Labute approximate surface area is 181 Å². The first-order valence-electron chi connectivity index (χ1n) is 8.83. The van der Waals surface area contributed by atoms with Crippen LogP contribution in [0, 0.1) is 0 Å². The van der Waals surface area contributed by atoms with Crippen molar-refractivity contribution in [2.75, 3.05) is 11.9 Å². The van der Waals surface area contributed by atoms with Crippen LogP contribution >= 0.6 is 11.6 Å². The van der Waals surface area contributed by atoms with Crippen molar-refractivity contribution in [3.05, 3.63) is 58.6 Å². The molecule has 0 spiro atoms. The van der Waals surface area contributed by atoms with Gasteiger partial charge in [0.2, 0.25) is 10.0 Å². The molecule has 1 amide bonds. The van der Waals surface area contributed by atoms with Gasteiger partial charge >= 0.3 is 12.1 Å². The lowest BCUT2D eigenvalue weighted by Gasteiger charge is -2.17. The summed E-state index contributed by atoms with van der Waals surface area (Å²) in [5.74, 6) is -1.95. The smallest absolute Gasteiger partial charge is 0.418 e. The van der Waals surface area contributed by atoms with Gasteiger partial charge in [-0.15, -0.1) is 0 Å². The lowest BCUT2D eigenvalue weighted by molar-refractivity contribution is -0.137. The van der Waals surface area contributed by atoms with Crippen LogP contribution in [0.3, 0.4) is 0 Å². The maximum Gasteiger partial charge on any atom is 0.418 e. The minimum absolute atomic E-state index is 0.0439. The number of anilines is 1. The Hall–Kier alpha value is -2.63. The molecule has 0 aliphatic rings. The van der Waals surface area contributed by atoms with Crippen molar-refractivity contribution >= 4 is 39.2 Å². The van der Waals surface area contributed by atoms with Crippen LogP contribution in [0.1, 0.15) is 29.8 Å². The molecule has 31 heavy (non-hydrogen) atoms. The molecule has 0 saturated heterocycles. The zero-order chi connectivity index (χ0) is 23.4. The summed E-state index contributed by atoms with van der Waals surface area (Å²) < 4.78 is 70.5. The Morgan fingerprint density at radius 1 is 1.13 bits per heavy atom. The van der Waals surface area contributed by atoms with E-state index >= 15 is 0 Å². The zero-order valence-electron chi connectivity index (χ0n) is 16.3. The van der Waals surface area contributed by atoms with Gasteiger partial charge in [-0.1, -0.05) is 18.5 Å². The number of halogens is 4. The van der Waals surface area contributed by atoms with Crippen LogP contribution in [0.5, 0.6) is 0 Å². The molecule has 0 heterocycles. The molecule has 12 heteroatoms. The number of carbonyl (C=O) groups excluding carboxylic acids is 2. The molecule has 1 unspecified atom stereocenters. The predicted molar refractivity (Wildman–Crippen MR) is 107 cm³/mol. The quantitative estimate of drug-likeness (QED) is 0.589. The third-order valence-corrected chi connectivity index (χ3v) is 5.73. The highest BCUT2D eigenvalue weighted by Gasteiger charge is 2.34. The number of hydrogen-bond acceptors (Lipinski definition) is 5. The van der Waals surface area contributed by atoms with Crippen molar-refractivity contribution in [3.8, 4) is 0 Å². The first kappa shape index (κ1) is 24.6. The van der Waals surface area contributed by atoms with E-state index in [0.717, 1.165) is 6.07 Å².